The fourth-order valence-corrected chi connectivity index (χ4v) is 5.49. The van der Waals surface area contributed by atoms with Crippen molar-refractivity contribution in [2.24, 2.45) is 0 Å². The Morgan fingerprint density at radius 2 is 2.13 bits per heavy atom. The number of rotatable bonds is 5. The summed E-state index contributed by atoms with van der Waals surface area (Å²) in [5, 5.41) is 3.25. The van der Waals surface area contributed by atoms with Crippen LogP contribution in [0.15, 0.2) is 68.7 Å². The monoisotopic (exact) mass is 448 g/mol. The summed E-state index contributed by atoms with van der Waals surface area (Å²) in [5.74, 6) is 1.30. The first-order valence-corrected chi connectivity index (χ1v) is 11.6. The summed E-state index contributed by atoms with van der Waals surface area (Å²) in [6, 6.07) is 10.0. The molecule has 1 atom stereocenters. The lowest BCUT2D eigenvalue weighted by atomic mass is 10.1. The molecule has 0 aliphatic carbocycles. The molecule has 0 radical (unpaired) electrons. The zero-order valence-electron chi connectivity index (χ0n) is 17.2. The molecule has 6 nitrogen and oxygen atoms in total. The predicted molar refractivity (Wildman–Crippen MR) is 125 cm³/mol. The van der Waals surface area contributed by atoms with Gasteiger partial charge in [0, 0.05) is 23.3 Å². The largest absolute Gasteiger partial charge is 0.464 e. The van der Waals surface area contributed by atoms with Crippen LogP contribution in [0.3, 0.4) is 0 Å². The number of fused-ring (bicyclic) bond motifs is 1. The number of aryl methyl sites for hydroxylation is 2. The summed E-state index contributed by atoms with van der Waals surface area (Å²) in [5.41, 5.74) is 4.12. The third-order valence-electron chi connectivity index (χ3n) is 5.13. The fourth-order valence-electron chi connectivity index (χ4n) is 3.62. The number of hydrogen-bond donors (Lipinski definition) is 1. The van der Waals surface area contributed by atoms with E-state index >= 15 is 0 Å². The molecule has 1 unspecified atom stereocenters. The normalized spacial score (nSPS) is 12.5. The number of thioether (sulfide) groups is 1. The molecule has 5 aromatic rings. The third kappa shape index (κ3) is 3.62. The number of imidazole rings is 1. The summed E-state index contributed by atoms with van der Waals surface area (Å²) in [4.78, 5) is 25.8. The number of nitrogens with zero attached hydrogens (tertiary/aromatic N) is 3. The highest BCUT2D eigenvalue weighted by Crippen LogP contribution is 2.36. The molecule has 0 spiro atoms. The van der Waals surface area contributed by atoms with Crippen molar-refractivity contribution in [1.29, 1.82) is 0 Å². The van der Waals surface area contributed by atoms with Crippen LogP contribution in [-0.2, 0) is 0 Å². The summed E-state index contributed by atoms with van der Waals surface area (Å²) in [7, 11) is 0. The number of aromatic nitrogens is 4. The van der Waals surface area contributed by atoms with Gasteiger partial charge in [0.1, 0.15) is 16.4 Å². The van der Waals surface area contributed by atoms with Crippen molar-refractivity contribution in [3.8, 4) is 17.0 Å². The second-order valence-electron chi connectivity index (χ2n) is 7.39. The van der Waals surface area contributed by atoms with Crippen molar-refractivity contribution in [3.63, 3.8) is 0 Å². The smallest absolute Gasteiger partial charge is 0.260 e. The van der Waals surface area contributed by atoms with Crippen LogP contribution >= 0.6 is 23.1 Å². The summed E-state index contributed by atoms with van der Waals surface area (Å²) >= 11 is 3.01. The Labute approximate surface area is 187 Å². The second-order valence-corrected chi connectivity index (χ2v) is 9.55. The van der Waals surface area contributed by atoms with Crippen LogP contribution in [0.2, 0.25) is 0 Å². The van der Waals surface area contributed by atoms with Crippen molar-refractivity contribution in [2.75, 3.05) is 0 Å². The average Bonchev–Trinajstić information content (AvgIpc) is 3.48. The molecule has 0 saturated heterocycles. The first-order chi connectivity index (χ1) is 15.0. The molecule has 0 saturated carbocycles. The van der Waals surface area contributed by atoms with Crippen LogP contribution in [0.1, 0.15) is 29.1 Å². The molecule has 1 N–H and O–H groups in total. The molecule has 0 fully saturated rings. The summed E-state index contributed by atoms with van der Waals surface area (Å²) in [6.07, 6.45) is 5.36. The minimum Gasteiger partial charge on any atom is -0.464 e. The van der Waals surface area contributed by atoms with Crippen molar-refractivity contribution in [2.45, 2.75) is 31.2 Å². The van der Waals surface area contributed by atoms with Crippen LogP contribution in [0.5, 0.6) is 0 Å². The number of aromatic amines is 1. The fraction of sp³-hybridized carbons (Fsp3) is 0.174. The summed E-state index contributed by atoms with van der Waals surface area (Å²) in [6.45, 7) is 6.21. The van der Waals surface area contributed by atoms with Gasteiger partial charge in [-0.15, -0.1) is 11.3 Å². The van der Waals surface area contributed by atoms with E-state index in [4.69, 9.17) is 9.40 Å². The van der Waals surface area contributed by atoms with Gasteiger partial charge in [-0.2, -0.15) is 0 Å². The Morgan fingerprint density at radius 3 is 2.90 bits per heavy atom. The first-order valence-electron chi connectivity index (χ1n) is 9.84. The van der Waals surface area contributed by atoms with Crippen LogP contribution in [-0.4, -0.2) is 19.5 Å². The van der Waals surface area contributed by atoms with Gasteiger partial charge in [0.2, 0.25) is 0 Å². The van der Waals surface area contributed by atoms with Gasteiger partial charge >= 0.3 is 0 Å². The lowest BCUT2D eigenvalue weighted by Crippen LogP contribution is -2.12. The van der Waals surface area contributed by atoms with E-state index in [9.17, 15) is 4.79 Å². The standard InChI is InChI=1S/C23H20N4O2S2/c1-13-6-7-17(14(2)11-13)27-9-8-24-23(27)31-15(3)20-25-21(28)19-16(12-30-22(19)26-20)18-5-4-10-29-18/h4-12,15H,1-3H3,(H,25,26,28). The van der Waals surface area contributed by atoms with E-state index in [0.29, 0.717) is 21.8 Å². The van der Waals surface area contributed by atoms with E-state index in [1.807, 2.05) is 30.6 Å². The van der Waals surface area contributed by atoms with E-state index in [-0.39, 0.29) is 10.8 Å². The van der Waals surface area contributed by atoms with Crippen molar-refractivity contribution < 1.29 is 4.42 Å². The Hall–Kier alpha value is -3.10. The Morgan fingerprint density at radius 1 is 1.26 bits per heavy atom. The number of furan rings is 1. The molecule has 4 heterocycles. The molecule has 0 amide bonds. The maximum Gasteiger partial charge on any atom is 0.260 e. The number of thiophene rings is 1. The maximum atomic E-state index is 12.9. The van der Waals surface area contributed by atoms with Crippen LogP contribution in [0.4, 0.5) is 0 Å². The van der Waals surface area contributed by atoms with E-state index in [1.54, 1.807) is 24.2 Å². The maximum absolute atomic E-state index is 12.9. The molecular weight excluding hydrogens is 428 g/mol. The molecule has 4 aromatic heterocycles. The van der Waals surface area contributed by atoms with Gasteiger partial charge < -0.3 is 9.40 Å². The average molecular weight is 449 g/mol. The summed E-state index contributed by atoms with van der Waals surface area (Å²) < 4.78 is 7.55. The van der Waals surface area contributed by atoms with Crippen molar-refractivity contribution in [3.05, 3.63) is 81.7 Å². The van der Waals surface area contributed by atoms with E-state index < -0.39 is 0 Å². The minimum absolute atomic E-state index is 0.0850. The number of H-pyrrole nitrogens is 1. The van der Waals surface area contributed by atoms with Gasteiger partial charge in [-0.05, 0) is 44.5 Å². The molecule has 0 aliphatic heterocycles. The van der Waals surface area contributed by atoms with Gasteiger partial charge in [-0.3, -0.25) is 9.36 Å². The van der Waals surface area contributed by atoms with E-state index in [2.05, 4.69) is 46.6 Å². The SMILES string of the molecule is Cc1ccc(-n2ccnc2SC(C)c2nc3scc(-c4ccco4)c3c(=O)[nH]2)c(C)c1. The molecule has 31 heavy (non-hydrogen) atoms. The van der Waals surface area contributed by atoms with E-state index in [0.717, 1.165) is 16.4 Å². The first kappa shape index (κ1) is 19.8. The van der Waals surface area contributed by atoms with Gasteiger partial charge in [0.25, 0.3) is 5.56 Å². The van der Waals surface area contributed by atoms with Gasteiger partial charge in [-0.25, -0.2) is 9.97 Å². The third-order valence-corrected chi connectivity index (χ3v) is 7.10. The highest BCUT2D eigenvalue weighted by molar-refractivity contribution is 7.99. The molecule has 5 rings (SSSR count). The van der Waals surface area contributed by atoms with E-state index in [1.165, 1.54) is 22.5 Å². The van der Waals surface area contributed by atoms with Crippen LogP contribution in [0, 0.1) is 13.8 Å². The number of hydrogen-bond acceptors (Lipinski definition) is 6. The molecular formula is C23H20N4O2S2. The Kier molecular flexibility index (Phi) is 5.03. The quantitative estimate of drug-likeness (QED) is 0.339. The lowest BCUT2D eigenvalue weighted by Gasteiger charge is -2.14. The predicted octanol–water partition coefficient (Wildman–Crippen LogP) is 5.90. The second kappa shape index (κ2) is 7.86. The molecule has 8 heteroatoms. The molecule has 0 aliphatic rings. The number of benzene rings is 1. The molecule has 156 valence electrons. The number of nitrogens with one attached hydrogen (secondary N) is 1. The van der Waals surface area contributed by atoms with Gasteiger partial charge in [0.05, 0.1) is 22.6 Å². The Balaban J connectivity index is 1.48. The van der Waals surface area contributed by atoms with Gasteiger partial charge in [0.15, 0.2) is 5.16 Å². The van der Waals surface area contributed by atoms with Crippen molar-refractivity contribution >= 4 is 33.3 Å². The van der Waals surface area contributed by atoms with Crippen LogP contribution in [0.25, 0.3) is 27.2 Å². The van der Waals surface area contributed by atoms with Gasteiger partial charge in [-0.1, -0.05) is 29.5 Å². The zero-order chi connectivity index (χ0) is 21.5. The lowest BCUT2D eigenvalue weighted by molar-refractivity contribution is 0.583. The molecule has 1 aromatic carbocycles. The molecule has 0 bridgehead atoms. The van der Waals surface area contributed by atoms with Crippen molar-refractivity contribution in [1.82, 2.24) is 19.5 Å². The zero-order valence-corrected chi connectivity index (χ0v) is 18.9. The Bertz CT molecular complexity index is 1430. The van der Waals surface area contributed by atoms with Crippen LogP contribution < -0.4 is 5.56 Å². The topological polar surface area (TPSA) is 76.7 Å². The highest BCUT2D eigenvalue weighted by atomic mass is 32.2. The highest BCUT2D eigenvalue weighted by Gasteiger charge is 2.19. The minimum atomic E-state index is -0.155.